The molecule has 0 aliphatic carbocycles. The summed E-state index contributed by atoms with van der Waals surface area (Å²) in [5.41, 5.74) is 13.2. The number of nitrogens with two attached hydrogens (primary N) is 2. The van der Waals surface area contributed by atoms with Gasteiger partial charge in [-0.15, -0.1) is 0 Å². The molecule has 0 fully saturated rings. The fraction of sp³-hybridized carbons (Fsp3) is 0.0909. The second-order valence-corrected chi connectivity index (χ2v) is 4.86. The number of hydrogen-bond donors (Lipinski definition) is 2. The maximum atomic E-state index is 6.08. The number of hydrogen-bond acceptors (Lipinski definition) is 4. The van der Waals surface area contributed by atoms with Gasteiger partial charge in [0.2, 0.25) is 0 Å². The molecule has 4 nitrogen and oxygen atoms in total. The van der Waals surface area contributed by atoms with Gasteiger partial charge in [0.05, 0.1) is 16.8 Å². The summed E-state index contributed by atoms with van der Waals surface area (Å²) >= 11 is 9.19. The third-order valence-electron chi connectivity index (χ3n) is 2.32. The van der Waals surface area contributed by atoms with E-state index in [4.69, 9.17) is 23.1 Å². The highest BCUT2D eigenvalue weighted by molar-refractivity contribution is 9.10. The van der Waals surface area contributed by atoms with Crippen molar-refractivity contribution in [2.24, 2.45) is 5.73 Å². The minimum Gasteiger partial charge on any atom is -0.383 e. The average molecular weight is 314 g/mol. The predicted molar refractivity (Wildman–Crippen MR) is 71.6 cm³/mol. The summed E-state index contributed by atoms with van der Waals surface area (Å²) in [4.78, 5) is 8.20. The van der Waals surface area contributed by atoms with E-state index in [2.05, 4.69) is 25.9 Å². The van der Waals surface area contributed by atoms with Gasteiger partial charge in [0.1, 0.15) is 5.82 Å². The highest BCUT2D eigenvalue weighted by atomic mass is 79.9. The average Bonchev–Trinajstić information content (AvgIpc) is 2.32. The van der Waals surface area contributed by atoms with E-state index >= 15 is 0 Å². The highest BCUT2D eigenvalue weighted by Crippen LogP contribution is 2.25. The molecule has 0 aliphatic rings. The second kappa shape index (κ2) is 5.00. The summed E-state index contributed by atoms with van der Waals surface area (Å²) in [7, 11) is 0. The van der Waals surface area contributed by atoms with E-state index < -0.39 is 6.04 Å². The molecule has 1 unspecified atom stereocenters. The number of anilines is 1. The van der Waals surface area contributed by atoms with E-state index in [1.165, 1.54) is 6.20 Å². The lowest BCUT2D eigenvalue weighted by Crippen LogP contribution is -2.16. The number of pyridine rings is 2. The van der Waals surface area contributed by atoms with Gasteiger partial charge < -0.3 is 11.5 Å². The van der Waals surface area contributed by atoms with Crippen LogP contribution >= 0.6 is 27.5 Å². The molecule has 0 radical (unpaired) electrons. The summed E-state index contributed by atoms with van der Waals surface area (Å²) in [5.74, 6) is 0.367. The number of aromatic nitrogens is 2. The van der Waals surface area contributed by atoms with E-state index in [-0.39, 0.29) is 0 Å². The normalized spacial score (nSPS) is 12.4. The molecular weight excluding hydrogens is 304 g/mol. The van der Waals surface area contributed by atoms with Crippen molar-refractivity contribution in [1.29, 1.82) is 0 Å². The number of halogens is 2. The van der Waals surface area contributed by atoms with Gasteiger partial charge in [0, 0.05) is 22.4 Å². The zero-order valence-electron chi connectivity index (χ0n) is 8.77. The van der Waals surface area contributed by atoms with Crippen LogP contribution in [0.2, 0.25) is 5.02 Å². The molecule has 0 aromatic carbocycles. The van der Waals surface area contributed by atoms with Crippen molar-refractivity contribution in [2.75, 3.05) is 5.73 Å². The maximum absolute atomic E-state index is 6.08. The molecule has 0 bridgehead atoms. The first-order chi connectivity index (χ1) is 8.08. The lowest BCUT2D eigenvalue weighted by Gasteiger charge is -2.13. The summed E-state index contributed by atoms with van der Waals surface area (Å²) in [6.07, 6.45) is 3.17. The van der Waals surface area contributed by atoms with Crippen molar-refractivity contribution in [3.05, 3.63) is 51.3 Å². The molecule has 2 heterocycles. The van der Waals surface area contributed by atoms with Gasteiger partial charge in [-0.3, -0.25) is 4.98 Å². The third kappa shape index (κ3) is 2.74. The van der Waals surface area contributed by atoms with Gasteiger partial charge in [-0.2, -0.15) is 0 Å². The lowest BCUT2D eigenvalue weighted by atomic mass is 10.1. The van der Waals surface area contributed by atoms with Gasteiger partial charge in [-0.1, -0.05) is 11.6 Å². The Bertz CT molecular complexity index is 529. The van der Waals surface area contributed by atoms with Crippen LogP contribution < -0.4 is 11.5 Å². The first kappa shape index (κ1) is 12.3. The smallest absolute Gasteiger partial charge is 0.128 e. The second-order valence-electron chi connectivity index (χ2n) is 3.51. The van der Waals surface area contributed by atoms with Gasteiger partial charge in [0.15, 0.2) is 0 Å². The van der Waals surface area contributed by atoms with Crippen molar-refractivity contribution >= 4 is 33.3 Å². The van der Waals surface area contributed by atoms with Crippen LogP contribution in [0.15, 0.2) is 35.1 Å². The maximum Gasteiger partial charge on any atom is 0.128 e. The van der Waals surface area contributed by atoms with Gasteiger partial charge in [0.25, 0.3) is 0 Å². The van der Waals surface area contributed by atoms with Crippen molar-refractivity contribution in [2.45, 2.75) is 6.04 Å². The third-order valence-corrected chi connectivity index (χ3v) is 3.00. The fourth-order valence-electron chi connectivity index (χ4n) is 1.45. The molecule has 2 aromatic rings. The van der Waals surface area contributed by atoms with Crippen molar-refractivity contribution in [3.63, 3.8) is 0 Å². The highest BCUT2D eigenvalue weighted by Gasteiger charge is 2.14. The molecule has 88 valence electrons. The van der Waals surface area contributed by atoms with Crippen LogP contribution in [0.1, 0.15) is 17.3 Å². The van der Waals surface area contributed by atoms with Crippen LogP contribution in [-0.2, 0) is 0 Å². The largest absolute Gasteiger partial charge is 0.383 e. The Morgan fingerprint density at radius 3 is 2.65 bits per heavy atom. The molecular formula is C11H10BrClN4. The van der Waals surface area contributed by atoms with Gasteiger partial charge >= 0.3 is 0 Å². The zero-order chi connectivity index (χ0) is 12.4. The van der Waals surface area contributed by atoms with Crippen LogP contribution in [0.3, 0.4) is 0 Å². The topological polar surface area (TPSA) is 77.8 Å². The van der Waals surface area contributed by atoms with Crippen LogP contribution in [-0.4, -0.2) is 9.97 Å². The summed E-state index contributed by atoms with van der Waals surface area (Å²) in [5, 5.41) is 0.502. The number of rotatable bonds is 2. The monoisotopic (exact) mass is 312 g/mol. The van der Waals surface area contributed by atoms with Gasteiger partial charge in [-0.05, 0) is 34.1 Å². The standard InChI is InChI=1S/C11H10BrClN4/c12-6-1-2-9(16-4-6)10(14)8-3-7(13)5-17-11(8)15/h1-5,10H,14H2,(H2,15,17). The lowest BCUT2D eigenvalue weighted by molar-refractivity contribution is 0.825. The molecule has 0 saturated heterocycles. The molecule has 6 heteroatoms. The predicted octanol–water partition coefficient (Wildman–Crippen LogP) is 2.52. The molecule has 0 saturated carbocycles. The molecule has 17 heavy (non-hydrogen) atoms. The minimum atomic E-state index is -0.436. The van der Waals surface area contributed by atoms with Crippen LogP contribution in [0.4, 0.5) is 5.82 Å². The molecule has 2 rings (SSSR count). The van der Waals surface area contributed by atoms with E-state index in [1.54, 1.807) is 12.3 Å². The van der Waals surface area contributed by atoms with Gasteiger partial charge in [-0.25, -0.2) is 4.98 Å². The van der Waals surface area contributed by atoms with E-state index in [1.807, 2.05) is 12.1 Å². The summed E-state index contributed by atoms with van der Waals surface area (Å²) < 4.78 is 0.894. The van der Waals surface area contributed by atoms with E-state index in [0.29, 0.717) is 22.1 Å². The summed E-state index contributed by atoms with van der Waals surface area (Å²) in [6, 6.07) is 4.97. The van der Waals surface area contributed by atoms with E-state index in [0.717, 1.165) is 4.47 Å². The molecule has 0 amide bonds. The Morgan fingerprint density at radius 2 is 2.00 bits per heavy atom. The van der Waals surface area contributed by atoms with Crippen LogP contribution in [0.5, 0.6) is 0 Å². The Balaban J connectivity index is 2.39. The molecule has 0 aliphatic heterocycles. The molecule has 1 atom stereocenters. The fourth-order valence-corrected chi connectivity index (χ4v) is 1.85. The van der Waals surface area contributed by atoms with Crippen molar-refractivity contribution < 1.29 is 0 Å². The minimum absolute atomic E-state index is 0.367. The molecule has 0 spiro atoms. The van der Waals surface area contributed by atoms with Crippen LogP contribution in [0.25, 0.3) is 0 Å². The number of nitrogens with zero attached hydrogens (tertiary/aromatic N) is 2. The van der Waals surface area contributed by atoms with Crippen molar-refractivity contribution in [3.8, 4) is 0 Å². The Hall–Kier alpha value is -1.17. The quantitative estimate of drug-likeness (QED) is 0.893. The Labute approximate surface area is 112 Å². The zero-order valence-corrected chi connectivity index (χ0v) is 11.1. The van der Waals surface area contributed by atoms with E-state index in [9.17, 15) is 0 Å². The summed E-state index contributed by atoms with van der Waals surface area (Å²) in [6.45, 7) is 0. The number of nitrogen functional groups attached to an aromatic ring is 1. The first-order valence-electron chi connectivity index (χ1n) is 4.86. The first-order valence-corrected chi connectivity index (χ1v) is 6.03. The molecule has 4 N–H and O–H groups in total. The SMILES string of the molecule is Nc1ncc(Cl)cc1C(N)c1ccc(Br)cn1. The molecule has 2 aromatic heterocycles. The van der Waals surface area contributed by atoms with Crippen molar-refractivity contribution in [1.82, 2.24) is 9.97 Å². The Kier molecular flexibility index (Phi) is 3.61. The Morgan fingerprint density at radius 1 is 1.24 bits per heavy atom. The van der Waals surface area contributed by atoms with Crippen LogP contribution in [0, 0.1) is 0 Å².